The molecule has 2 N–H and O–H groups in total. The third-order valence-corrected chi connectivity index (χ3v) is 12.7. The first kappa shape index (κ1) is 45.8. The van der Waals surface area contributed by atoms with Crippen molar-refractivity contribution in [2.45, 2.75) is 157 Å². The van der Waals surface area contributed by atoms with E-state index in [4.69, 9.17) is 4.74 Å². The normalized spacial score (nSPS) is 22.2. The van der Waals surface area contributed by atoms with Crippen LogP contribution in [0.5, 0.6) is 0 Å². The first-order chi connectivity index (χ1) is 27.6. The number of fused-ring (bicyclic) bond motifs is 1. The summed E-state index contributed by atoms with van der Waals surface area (Å²) in [5.41, 5.74) is 0.876. The standard InChI is InChI=1S/C46H69N5O8/c1-10-13-31(39(55)36(53)22-29-16-17-29)23-35(52)34-24-33(59-43(58)50-20-18-30-14-11-12-15-32(30)26-50)27-51(34)41(56)40(45(5,6)7)48-42(57)47-37(44(2,3)4)28-49-21-19-46(8,9)25-38(49)54/h11-12,14-15,29,31,33-34,37,40H,10,13,16-28H2,1-9H3,(H2,47,48,57)/t31?,33-,34+,37-,40-/m1/s1. The monoisotopic (exact) mass is 820 g/mol. The van der Waals surface area contributed by atoms with Crippen LogP contribution in [0.15, 0.2) is 24.3 Å². The fraction of sp³-hybridized carbons (Fsp3) is 0.717. The van der Waals surface area contributed by atoms with Gasteiger partial charge < -0.3 is 30.1 Å². The molecule has 5 atom stereocenters. The van der Waals surface area contributed by atoms with E-state index in [2.05, 4.69) is 24.5 Å². The largest absolute Gasteiger partial charge is 0.444 e. The molecule has 1 unspecified atom stereocenters. The van der Waals surface area contributed by atoms with Gasteiger partial charge in [0.1, 0.15) is 12.1 Å². The summed E-state index contributed by atoms with van der Waals surface area (Å²) in [7, 11) is 0. The average molecular weight is 820 g/mol. The summed E-state index contributed by atoms with van der Waals surface area (Å²) in [5, 5.41) is 5.98. The van der Waals surface area contributed by atoms with Gasteiger partial charge in [-0.3, -0.25) is 24.0 Å². The Hall–Kier alpha value is -4.29. The van der Waals surface area contributed by atoms with E-state index in [1.807, 2.05) is 72.7 Å². The zero-order valence-corrected chi connectivity index (χ0v) is 37.0. The van der Waals surface area contributed by atoms with Gasteiger partial charge in [0, 0.05) is 57.8 Å². The van der Waals surface area contributed by atoms with Crippen molar-refractivity contribution in [3.8, 4) is 0 Å². The van der Waals surface area contributed by atoms with E-state index in [1.54, 1.807) is 9.80 Å². The fourth-order valence-corrected chi connectivity index (χ4v) is 8.53. The maximum absolute atomic E-state index is 14.8. The first-order valence-corrected chi connectivity index (χ1v) is 21.8. The number of piperidine rings is 1. The SMILES string of the molecule is CCCC(CC(=O)[C@@H]1C[C@@H](OC(=O)N2CCc3ccccc3C2)CN1C(=O)[C@@H](NC(=O)N[C@H](CN1CCC(C)(C)CC1=O)C(C)(C)C)C(C)(C)C)C(=O)C(=O)CC1CC1. The number of ether oxygens (including phenoxy) is 1. The number of likely N-dealkylation sites (tertiary alicyclic amines) is 2. The van der Waals surface area contributed by atoms with E-state index in [0.29, 0.717) is 51.9 Å². The molecule has 3 fully saturated rings. The molecule has 2 saturated heterocycles. The van der Waals surface area contributed by atoms with E-state index in [-0.39, 0.29) is 48.8 Å². The highest BCUT2D eigenvalue weighted by Crippen LogP contribution is 2.35. The second kappa shape index (κ2) is 18.5. The van der Waals surface area contributed by atoms with Crippen LogP contribution >= 0.6 is 0 Å². The van der Waals surface area contributed by atoms with Gasteiger partial charge in [-0.15, -0.1) is 0 Å². The van der Waals surface area contributed by atoms with E-state index in [9.17, 15) is 33.6 Å². The highest BCUT2D eigenvalue weighted by Gasteiger charge is 2.47. The number of ketones is 3. The first-order valence-electron chi connectivity index (χ1n) is 21.8. The van der Waals surface area contributed by atoms with Crippen LogP contribution in [0.1, 0.15) is 131 Å². The van der Waals surface area contributed by atoms with Gasteiger partial charge in [0.15, 0.2) is 11.6 Å². The number of carbonyl (C=O) groups excluding carboxylic acids is 7. The molecule has 5 rings (SSSR count). The van der Waals surface area contributed by atoms with E-state index < -0.39 is 70.6 Å². The van der Waals surface area contributed by atoms with Crippen LogP contribution < -0.4 is 10.6 Å². The molecule has 5 amide bonds. The minimum atomic E-state index is -1.10. The van der Waals surface area contributed by atoms with Gasteiger partial charge in [-0.25, -0.2) is 9.59 Å². The zero-order chi connectivity index (χ0) is 43.4. The Labute approximate surface area is 351 Å². The molecule has 1 aromatic carbocycles. The molecule has 4 aliphatic rings. The van der Waals surface area contributed by atoms with Crippen LogP contribution in [-0.4, -0.2) is 106 Å². The van der Waals surface area contributed by atoms with Crippen LogP contribution in [0, 0.1) is 28.1 Å². The highest BCUT2D eigenvalue weighted by atomic mass is 16.6. The molecule has 1 aliphatic carbocycles. The third-order valence-electron chi connectivity index (χ3n) is 12.7. The average Bonchev–Trinajstić information content (AvgIpc) is 3.87. The molecular formula is C46H69N5O8. The predicted molar refractivity (Wildman–Crippen MR) is 224 cm³/mol. The number of amides is 5. The molecule has 0 aromatic heterocycles. The molecule has 1 saturated carbocycles. The van der Waals surface area contributed by atoms with Crippen molar-refractivity contribution in [1.82, 2.24) is 25.3 Å². The number of hydrogen-bond donors (Lipinski definition) is 2. The number of Topliss-reactive ketones (excluding diaryl/α,β-unsaturated/α-hetero) is 3. The maximum atomic E-state index is 14.8. The molecule has 59 heavy (non-hydrogen) atoms. The summed E-state index contributed by atoms with van der Waals surface area (Å²) in [5.74, 6) is -2.41. The minimum Gasteiger partial charge on any atom is -0.444 e. The number of carbonyl (C=O) groups is 7. The van der Waals surface area contributed by atoms with Crippen LogP contribution in [-0.2, 0) is 41.7 Å². The Morgan fingerprint density at radius 2 is 1.61 bits per heavy atom. The van der Waals surface area contributed by atoms with Crippen molar-refractivity contribution in [2.24, 2.45) is 28.1 Å². The van der Waals surface area contributed by atoms with E-state index >= 15 is 0 Å². The molecule has 13 heteroatoms. The maximum Gasteiger partial charge on any atom is 0.410 e. The summed E-state index contributed by atoms with van der Waals surface area (Å²) in [6, 6.07) is 4.77. The van der Waals surface area contributed by atoms with Gasteiger partial charge in [-0.1, -0.05) is 93.0 Å². The van der Waals surface area contributed by atoms with Crippen LogP contribution in [0.25, 0.3) is 0 Å². The summed E-state index contributed by atoms with van der Waals surface area (Å²) >= 11 is 0. The van der Waals surface area contributed by atoms with E-state index in [0.717, 1.165) is 24.8 Å². The molecular weight excluding hydrogens is 751 g/mol. The number of urea groups is 1. The molecule has 1 aromatic rings. The second-order valence-corrected chi connectivity index (χ2v) is 20.5. The summed E-state index contributed by atoms with van der Waals surface area (Å²) in [6.45, 7) is 19.2. The van der Waals surface area contributed by atoms with Gasteiger partial charge in [-0.2, -0.15) is 0 Å². The molecule has 13 nitrogen and oxygen atoms in total. The molecule has 3 aliphatic heterocycles. The highest BCUT2D eigenvalue weighted by molar-refractivity contribution is 6.38. The number of hydrogen-bond acceptors (Lipinski definition) is 8. The third kappa shape index (κ3) is 12.2. The quantitative estimate of drug-likeness (QED) is 0.197. The number of benzene rings is 1. The Morgan fingerprint density at radius 3 is 2.22 bits per heavy atom. The van der Waals surface area contributed by atoms with Crippen molar-refractivity contribution in [1.29, 1.82) is 0 Å². The number of nitrogens with zero attached hydrogens (tertiary/aromatic N) is 3. The summed E-state index contributed by atoms with van der Waals surface area (Å²) in [6.07, 6.45) is 3.42. The zero-order valence-electron chi connectivity index (χ0n) is 37.0. The number of rotatable bonds is 15. The van der Waals surface area contributed by atoms with Crippen molar-refractivity contribution in [3.05, 3.63) is 35.4 Å². The van der Waals surface area contributed by atoms with Gasteiger partial charge in [0.2, 0.25) is 17.6 Å². The lowest BCUT2D eigenvalue weighted by molar-refractivity contribution is -0.143. The summed E-state index contributed by atoms with van der Waals surface area (Å²) < 4.78 is 6.03. The Morgan fingerprint density at radius 1 is 0.932 bits per heavy atom. The molecule has 3 heterocycles. The van der Waals surface area contributed by atoms with Crippen molar-refractivity contribution >= 4 is 41.3 Å². The Kier molecular flexibility index (Phi) is 14.4. The van der Waals surface area contributed by atoms with Gasteiger partial charge in [-0.05, 0) is 65.4 Å². The molecule has 0 bridgehead atoms. The lowest BCUT2D eigenvalue weighted by Gasteiger charge is -2.41. The summed E-state index contributed by atoms with van der Waals surface area (Å²) in [4.78, 5) is 101. The van der Waals surface area contributed by atoms with Crippen molar-refractivity contribution in [2.75, 3.05) is 26.2 Å². The predicted octanol–water partition coefficient (Wildman–Crippen LogP) is 6.24. The number of nitrogens with one attached hydrogen (secondary N) is 2. The van der Waals surface area contributed by atoms with Gasteiger partial charge >= 0.3 is 12.1 Å². The van der Waals surface area contributed by atoms with E-state index in [1.165, 1.54) is 10.5 Å². The smallest absolute Gasteiger partial charge is 0.410 e. The van der Waals surface area contributed by atoms with Crippen LogP contribution in [0.3, 0.4) is 0 Å². The van der Waals surface area contributed by atoms with Crippen molar-refractivity contribution < 1.29 is 38.3 Å². The van der Waals surface area contributed by atoms with Gasteiger partial charge in [0.25, 0.3) is 0 Å². The topological polar surface area (TPSA) is 162 Å². The minimum absolute atomic E-state index is 0.0274. The Balaban J connectivity index is 1.34. The van der Waals surface area contributed by atoms with Gasteiger partial charge in [0.05, 0.1) is 18.6 Å². The lowest BCUT2D eigenvalue weighted by Crippen LogP contribution is -2.61. The molecule has 0 radical (unpaired) electrons. The van der Waals surface area contributed by atoms with Crippen molar-refractivity contribution in [3.63, 3.8) is 0 Å². The van der Waals surface area contributed by atoms with Crippen LogP contribution in [0.2, 0.25) is 0 Å². The lowest BCUT2D eigenvalue weighted by atomic mass is 9.81. The second-order valence-electron chi connectivity index (χ2n) is 20.5. The molecule has 0 spiro atoms. The Bertz CT molecular complexity index is 1760. The van der Waals surface area contributed by atoms with Crippen LogP contribution in [0.4, 0.5) is 9.59 Å². The molecule has 326 valence electrons. The fourth-order valence-electron chi connectivity index (χ4n) is 8.53.